The van der Waals surface area contributed by atoms with Gasteiger partial charge in [0.05, 0.1) is 20.6 Å². The lowest BCUT2D eigenvalue weighted by Crippen LogP contribution is -2.36. The summed E-state index contributed by atoms with van der Waals surface area (Å²) in [5.74, 6) is 1.10. The molecule has 0 bridgehead atoms. The Hall–Kier alpha value is -2.93. The van der Waals surface area contributed by atoms with Crippen LogP contribution in [0.5, 0.6) is 11.5 Å². The van der Waals surface area contributed by atoms with E-state index in [0.717, 1.165) is 16.9 Å². The van der Waals surface area contributed by atoms with Crippen LogP contribution in [0.4, 0.5) is 4.39 Å². The highest BCUT2D eigenvalue weighted by Gasteiger charge is 2.23. The van der Waals surface area contributed by atoms with Crippen LogP contribution in [0.3, 0.4) is 0 Å². The maximum absolute atomic E-state index is 14.0. The van der Waals surface area contributed by atoms with Crippen molar-refractivity contribution < 1.29 is 18.7 Å². The molecule has 2 aromatic carbocycles. The van der Waals surface area contributed by atoms with Gasteiger partial charge in [-0.25, -0.2) is 9.37 Å². The lowest BCUT2D eigenvalue weighted by Gasteiger charge is -2.29. The monoisotopic (exact) mass is 412 g/mol. The van der Waals surface area contributed by atoms with Gasteiger partial charge in [0.25, 0.3) is 0 Å². The molecule has 0 radical (unpaired) electrons. The molecule has 3 aromatic rings. The van der Waals surface area contributed by atoms with Gasteiger partial charge in [0.2, 0.25) is 5.91 Å². The molecular weight excluding hydrogens is 391 g/mol. The van der Waals surface area contributed by atoms with Crippen LogP contribution in [0.25, 0.3) is 10.6 Å². The van der Waals surface area contributed by atoms with Crippen LogP contribution in [0.2, 0.25) is 0 Å². The van der Waals surface area contributed by atoms with Crippen LogP contribution in [0.1, 0.15) is 16.0 Å². The highest BCUT2D eigenvalue weighted by molar-refractivity contribution is 7.15. The maximum Gasteiger partial charge on any atom is 0.228 e. The molecule has 2 heterocycles. The van der Waals surface area contributed by atoms with Crippen molar-refractivity contribution in [3.05, 3.63) is 64.4 Å². The van der Waals surface area contributed by atoms with E-state index in [1.165, 1.54) is 23.0 Å². The normalized spacial score (nSPS) is 13.1. The Bertz CT molecular complexity index is 1050. The van der Waals surface area contributed by atoms with Crippen LogP contribution in [0.15, 0.2) is 42.6 Å². The predicted molar refractivity (Wildman–Crippen MR) is 110 cm³/mol. The van der Waals surface area contributed by atoms with Crippen molar-refractivity contribution in [1.29, 1.82) is 0 Å². The molecule has 0 saturated heterocycles. The minimum Gasteiger partial charge on any atom is -0.493 e. The van der Waals surface area contributed by atoms with E-state index >= 15 is 0 Å². The molecular formula is C22H21FN2O3S. The second kappa shape index (κ2) is 8.21. The Balaban J connectivity index is 1.47. The van der Waals surface area contributed by atoms with Crippen molar-refractivity contribution in [2.24, 2.45) is 0 Å². The third-order valence-corrected chi connectivity index (χ3v) is 6.08. The molecule has 0 N–H and O–H groups in total. The summed E-state index contributed by atoms with van der Waals surface area (Å²) in [6, 6.07) is 10.5. The van der Waals surface area contributed by atoms with E-state index < -0.39 is 0 Å². The number of hydrogen-bond acceptors (Lipinski definition) is 5. The molecule has 0 saturated carbocycles. The van der Waals surface area contributed by atoms with Crippen LogP contribution in [-0.4, -0.2) is 36.6 Å². The maximum atomic E-state index is 14.0. The topological polar surface area (TPSA) is 51.7 Å². The number of carbonyl (C=O) groups excluding carboxylic acids is 1. The minimum absolute atomic E-state index is 0.0363. The van der Waals surface area contributed by atoms with Crippen LogP contribution < -0.4 is 9.47 Å². The number of carbonyl (C=O) groups is 1. The molecule has 1 aromatic heterocycles. The SMILES string of the molecule is COc1cc2c(cc1OC)CN(C(=O)Cc1cnc(-c3ccccc3F)s1)CC2. The van der Waals surface area contributed by atoms with E-state index in [0.29, 0.717) is 35.2 Å². The number of rotatable bonds is 5. The van der Waals surface area contributed by atoms with E-state index in [1.54, 1.807) is 38.6 Å². The van der Waals surface area contributed by atoms with Crippen molar-refractivity contribution in [2.45, 2.75) is 19.4 Å². The van der Waals surface area contributed by atoms with Gasteiger partial charge >= 0.3 is 0 Å². The zero-order valence-electron chi connectivity index (χ0n) is 16.3. The van der Waals surface area contributed by atoms with E-state index in [9.17, 15) is 9.18 Å². The first-order valence-corrected chi connectivity index (χ1v) is 10.1. The van der Waals surface area contributed by atoms with Crippen LogP contribution in [-0.2, 0) is 24.2 Å². The number of amides is 1. The van der Waals surface area contributed by atoms with Gasteiger partial charge in [0.15, 0.2) is 11.5 Å². The molecule has 0 atom stereocenters. The summed E-state index contributed by atoms with van der Waals surface area (Å²) in [4.78, 5) is 19.8. The number of nitrogens with zero attached hydrogens (tertiary/aromatic N) is 2. The first kappa shape index (κ1) is 19.4. The van der Waals surface area contributed by atoms with Crippen molar-refractivity contribution >= 4 is 17.2 Å². The minimum atomic E-state index is -0.309. The van der Waals surface area contributed by atoms with Crippen LogP contribution in [0, 0.1) is 5.82 Å². The fourth-order valence-electron chi connectivity index (χ4n) is 3.51. The summed E-state index contributed by atoms with van der Waals surface area (Å²) in [7, 11) is 3.22. The molecule has 0 unspecified atom stereocenters. The number of methoxy groups -OCH3 is 2. The molecule has 7 heteroatoms. The average Bonchev–Trinajstić information content (AvgIpc) is 3.20. The highest BCUT2D eigenvalue weighted by Crippen LogP contribution is 2.33. The molecule has 0 fully saturated rings. The number of thiazole rings is 1. The molecule has 150 valence electrons. The zero-order valence-corrected chi connectivity index (χ0v) is 17.1. The number of ether oxygens (including phenoxy) is 2. The molecule has 5 nitrogen and oxygen atoms in total. The summed E-state index contributed by atoms with van der Waals surface area (Å²) < 4.78 is 24.7. The summed E-state index contributed by atoms with van der Waals surface area (Å²) in [5.41, 5.74) is 2.70. The van der Waals surface area contributed by atoms with Crippen molar-refractivity contribution in [2.75, 3.05) is 20.8 Å². The summed E-state index contributed by atoms with van der Waals surface area (Å²) in [5, 5.41) is 0.590. The van der Waals surface area contributed by atoms with Gasteiger partial charge in [0, 0.05) is 29.7 Å². The number of fused-ring (bicyclic) bond motifs is 1. The largest absolute Gasteiger partial charge is 0.493 e. The Morgan fingerprint density at radius 3 is 2.62 bits per heavy atom. The van der Waals surface area contributed by atoms with Gasteiger partial charge < -0.3 is 14.4 Å². The van der Waals surface area contributed by atoms with E-state index in [2.05, 4.69) is 4.98 Å². The number of aromatic nitrogens is 1. The Morgan fingerprint density at radius 1 is 1.17 bits per heavy atom. The molecule has 4 rings (SSSR count). The summed E-state index contributed by atoms with van der Waals surface area (Å²) in [6.07, 6.45) is 2.69. The predicted octanol–water partition coefficient (Wildman–Crippen LogP) is 4.09. The lowest BCUT2D eigenvalue weighted by molar-refractivity contribution is -0.131. The Labute approximate surface area is 172 Å². The van der Waals surface area contributed by atoms with E-state index in [4.69, 9.17) is 9.47 Å². The number of benzene rings is 2. The van der Waals surface area contributed by atoms with Crippen molar-refractivity contribution in [3.8, 4) is 22.1 Å². The van der Waals surface area contributed by atoms with Crippen molar-refractivity contribution in [3.63, 3.8) is 0 Å². The van der Waals surface area contributed by atoms with Gasteiger partial charge in [-0.3, -0.25) is 4.79 Å². The second-order valence-corrected chi connectivity index (χ2v) is 7.94. The average molecular weight is 412 g/mol. The van der Waals surface area contributed by atoms with Crippen molar-refractivity contribution in [1.82, 2.24) is 9.88 Å². The quantitative estimate of drug-likeness (QED) is 0.633. The van der Waals surface area contributed by atoms with Gasteiger partial charge in [-0.05, 0) is 41.8 Å². The number of hydrogen-bond donors (Lipinski definition) is 0. The van der Waals surface area contributed by atoms with Gasteiger partial charge in [0.1, 0.15) is 10.8 Å². The molecule has 29 heavy (non-hydrogen) atoms. The lowest BCUT2D eigenvalue weighted by atomic mass is 9.98. The van der Waals surface area contributed by atoms with E-state index in [-0.39, 0.29) is 18.1 Å². The van der Waals surface area contributed by atoms with Crippen LogP contribution >= 0.6 is 11.3 Å². The Morgan fingerprint density at radius 2 is 1.90 bits per heavy atom. The standard InChI is InChI=1S/C22H21FN2O3S/c1-27-19-9-14-7-8-25(13-15(14)10-20(19)28-2)21(26)11-16-12-24-22(29-16)17-5-3-4-6-18(17)23/h3-6,9-10,12H,7-8,11,13H2,1-2H3. The first-order valence-electron chi connectivity index (χ1n) is 9.30. The fourth-order valence-corrected chi connectivity index (χ4v) is 4.44. The zero-order chi connectivity index (χ0) is 20.4. The van der Waals surface area contributed by atoms with Gasteiger partial charge in [-0.2, -0.15) is 0 Å². The molecule has 0 aliphatic carbocycles. The van der Waals surface area contributed by atoms with E-state index in [1.807, 2.05) is 17.0 Å². The summed E-state index contributed by atoms with van der Waals surface area (Å²) >= 11 is 1.35. The highest BCUT2D eigenvalue weighted by atomic mass is 32.1. The smallest absolute Gasteiger partial charge is 0.228 e. The molecule has 1 amide bonds. The van der Waals surface area contributed by atoms with Gasteiger partial charge in [-0.15, -0.1) is 11.3 Å². The first-order chi connectivity index (χ1) is 14.1. The summed E-state index contributed by atoms with van der Waals surface area (Å²) in [6.45, 7) is 1.19. The Kier molecular flexibility index (Phi) is 5.49. The third kappa shape index (κ3) is 3.96. The molecule has 1 aliphatic heterocycles. The molecule has 0 spiro atoms. The molecule has 1 aliphatic rings. The van der Waals surface area contributed by atoms with Gasteiger partial charge in [-0.1, -0.05) is 12.1 Å². The third-order valence-electron chi connectivity index (χ3n) is 5.05. The second-order valence-electron chi connectivity index (χ2n) is 6.83. The fraction of sp³-hybridized carbons (Fsp3) is 0.273. The number of halogens is 1.